The number of hydrogen-bond donors (Lipinski definition) is 1. The van der Waals surface area contributed by atoms with Gasteiger partial charge in [0.2, 0.25) is 0 Å². The number of benzene rings is 1. The molecule has 104 valence electrons. The van der Waals surface area contributed by atoms with Gasteiger partial charge in [-0.05, 0) is 42.7 Å². The van der Waals surface area contributed by atoms with Crippen LogP contribution in [0.5, 0.6) is 0 Å². The molecule has 2 nitrogen and oxygen atoms in total. The second-order valence-corrected chi connectivity index (χ2v) is 6.42. The number of ether oxygens (including phenoxy) is 1. The topological polar surface area (TPSA) is 21.3 Å². The summed E-state index contributed by atoms with van der Waals surface area (Å²) in [6, 6.07) is 10.1. The quantitative estimate of drug-likeness (QED) is 0.901. The van der Waals surface area contributed by atoms with Gasteiger partial charge in [-0.2, -0.15) is 0 Å². The molecule has 19 heavy (non-hydrogen) atoms. The van der Waals surface area contributed by atoms with Gasteiger partial charge in [0.25, 0.3) is 0 Å². The van der Waals surface area contributed by atoms with Gasteiger partial charge in [0.1, 0.15) is 0 Å². The first kappa shape index (κ1) is 13.1. The van der Waals surface area contributed by atoms with Gasteiger partial charge in [-0.15, -0.1) is 0 Å². The monoisotopic (exact) mass is 259 g/mol. The summed E-state index contributed by atoms with van der Waals surface area (Å²) in [5.41, 5.74) is 3.07. The van der Waals surface area contributed by atoms with E-state index in [4.69, 9.17) is 4.74 Å². The molecule has 0 saturated carbocycles. The molecule has 2 heteroatoms. The summed E-state index contributed by atoms with van der Waals surface area (Å²) in [4.78, 5) is 0. The van der Waals surface area contributed by atoms with Crippen molar-refractivity contribution in [3.05, 3.63) is 35.4 Å². The lowest BCUT2D eigenvalue weighted by atomic mass is 9.94. The molecule has 3 rings (SSSR count). The van der Waals surface area contributed by atoms with E-state index < -0.39 is 0 Å². The van der Waals surface area contributed by atoms with Crippen LogP contribution in [0.25, 0.3) is 0 Å². The Labute approximate surface area is 116 Å². The third kappa shape index (κ3) is 3.01. The summed E-state index contributed by atoms with van der Waals surface area (Å²) in [7, 11) is 0. The van der Waals surface area contributed by atoms with Crippen molar-refractivity contribution in [1.82, 2.24) is 5.32 Å². The Kier molecular flexibility index (Phi) is 3.90. The van der Waals surface area contributed by atoms with Crippen molar-refractivity contribution in [3.8, 4) is 0 Å². The van der Waals surface area contributed by atoms with Crippen LogP contribution in [0.3, 0.4) is 0 Å². The zero-order valence-corrected chi connectivity index (χ0v) is 12.1. The minimum absolute atomic E-state index is 0.440. The molecule has 0 radical (unpaired) electrons. The van der Waals surface area contributed by atoms with Crippen molar-refractivity contribution in [1.29, 1.82) is 0 Å². The van der Waals surface area contributed by atoms with Crippen LogP contribution >= 0.6 is 0 Å². The van der Waals surface area contributed by atoms with Crippen LogP contribution in [-0.2, 0) is 17.6 Å². The summed E-state index contributed by atoms with van der Waals surface area (Å²) in [5, 5.41) is 3.87. The summed E-state index contributed by atoms with van der Waals surface area (Å²) >= 11 is 0. The maximum Gasteiger partial charge on any atom is 0.0612 e. The first-order chi connectivity index (χ1) is 9.22. The predicted octanol–water partition coefficient (Wildman–Crippen LogP) is 2.95. The highest BCUT2D eigenvalue weighted by Crippen LogP contribution is 2.25. The Morgan fingerprint density at radius 1 is 1.11 bits per heavy atom. The van der Waals surface area contributed by atoms with Crippen molar-refractivity contribution >= 4 is 0 Å². The van der Waals surface area contributed by atoms with E-state index in [9.17, 15) is 0 Å². The van der Waals surface area contributed by atoms with Crippen LogP contribution in [0, 0.1) is 5.92 Å². The van der Waals surface area contributed by atoms with E-state index in [-0.39, 0.29) is 0 Å². The van der Waals surface area contributed by atoms with Crippen LogP contribution in [0.2, 0.25) is 0 Å². The fourth-order valence-corrected chi connectivity index (χ4v) is 3.45. The lowest BCUT2D eigenvalue weighted by Crippen LogP contribution is -2.45. The van der Waals surface area contributed by atoms with Gasteiger partial charge in [-0.1, -0.05) is 38.1 Å². The van der Waals surface area contributed by atoms with Crippen molar-refractivity contribution in [3.63, 3.8) is 0 Å². The molecule has 0 amide bonds. The summed E-state index contributed by atoms with van der Waals surface area (Å²) in [6.45, 7) is 5.44. The molecule has 1 saturated heterocycles. The van der Waals surface area contributed by atoms with Gasteiger partial charge in [-0.3, -0.25) is 0 Å². The minimum atomic E-state index is 0.440. The van der Waals surface area contributed by atoms with Gasteiger partial charge in [-0.25, -0.2) is 0 Å². The van der Waals surface area contributed by atoms with E-state index in [2.05, 4.69) is 43.4 Å². The standard InChI is InChI=1S/C17H25NO/c1-12(2)17-11-15(7-8-19-17)18-16-9-13-5-3-4-6-14(13)10-16/h3-6,12,15-18H,7-11H2,1-2H3. The van der Waals surface area contributed by atoms with Gasteiger partial charge < -0.3 is 10.1 Å². The molecule has 0 aromatic heterocycles. The van der Waals surface area contributed by atoms with Crippen LogP contribution in [-0.4, -0.2) is 24.8 Å². The van der Waals surface area contributed by atoms with Crippen molar-refractivity contribution in [2.75, 3.05) is 6.61 Å². The highest BCUT2D eigenvalue weighted by Gasteiger charge is 2.28. The third-order valence-corrected chi connectivity index (χ3v) is 4.58. The zero-order chi connectivity index (χ0) is 13.2. The Morgan fingerprint density at radius 2 is 1.79 bits per heavy atom. The highest BCUT2D eigenvalue weighted by molar-refractivity contribution is 5.33. The van der Waals surface area contributed by atoms with Crippen LogP contribution in [0.1, 0.15) is 37.8 Å². The predicted molar refractivity (Wildman–Crippen MR) is 78.4 cm³/mol. The molecular formula is C17H25NO. The first-order valence-electron chi connectivity index (χ1n) is 7.67. The molecule has 1 aromatic carbocycles. The van der Waals surface area contributed by atoms with Crippen molar-refractivity contribution < 1.29 is 4.74 Å². The van der Waals surface area contributed by atoms with Crippen LogP contribution in [0.4, 0.5) is 0 Å². The van der Waals surface area contributed by atoms with E-state index in [0.29, 0.717) is 24.1 Å². The largest absolute Gasteiger partial charge is 0.378 e. The SMILES string of the molecule is CC(C)C1CC(NC2Cc3ccccc3C2)CCO1. The van der Waals surface area contributed by atoms with Gasteiger partial charge in [0, 0.05) is 18.7 Å². The first-order valence-corrected chi connectivity index (χ1v) is 7.67. The highest BCUT2D eigenvalue weighted by atomic mass is 16.5. The number of nitrogens with one attached hydrogen (secondary N) is 1. The molecule has 0 spiro atoms. The molecule has 2 aliphatic rings. The molecule has 1 aliphatic carbocycles. The lowest BCUT2D eigenvalue weighted by Gasteiger charge is -2.34. The van der Waals surface area contributed by atoms with E-state index in [1.165, 1.54) is 30.4 Å². The maximum absolute atomic E-state index is 5.86. The molecule has 1 N–H and O–H groups in total. The van der Waals surface area contributed by atoms with Crippen LogP contribution < -0.4 is 5.32 Å². The third-order valence-electron chi connectivity index (χ3n) is 4.58. The fourth-order valence-electron chi connectivity index (χ4n) is 3.45. The van der Waals surface area contributed by atoms with Gasteiger partial charge in [0.05, 0.1) is 6.10 Å². The van der Waals surface area contributed by atoms with E-state index in [0.717, 1.165) is 13.0 Å². The molecule has 1 aromatic rings. The molecule has 2 unspecified atom stereocenters. The molecule has 2 atom stereocenters. The summed E-state index contributed by atoms with van der Waals surface area (Å²) in [5.74, 6) is 0.630. The smallest absolute Gasteiger partial charge is 0.0612 e. The van der Waals surface area contributed by atoms with Gasteiger partial charge in [0.15, 0.2) is 0 Å². The summed E-state index contributed by atoms with van der Waals surface area (Å²) < 4.78 is 5.86. The Balaban J connectivity index is 1.56. The molecule has 1 fully saturated rings. The van der Waals surface area contributed by atoms with E-state index in [1.54, 1.807) is 0 Å². The lowest BCUT2D eigenvalue weighted by molar-refractivity contribution is -0.0257. The summed E-state index contributed by atoms with van der Waals surface area (Å²) in [6.07, 6.45) is 5.16. The minimum Gasteiger partial charge on any atom is -0.378 e. The number of hydrogen-bond acceptors (Lipinski definition) is 2. The Morgan fingerprint density at radius 3 is 2.42 bits per heavy atom. The average molecular weight is 259 g/mol. The maximum atomic E-state index is 5.86. The Hall–Kier alpha value is -0.860. The van der Waals surface area contributed by atoms with E-state index >= 15 is 0 Å². The molecule has 1 heterocycles. The number of fused-ring (bicyclic) bond motifs is 1. The molecular weight excluding hydrogens is 234 g/mol. The Bertz CT molecular complexity index is 404. The second-order valence-electron chi connectivity index (χ2n) is 6.42. The van der Waals surface area contributed by atoms with E-state index in [1.807, 2.05) is 0 Å². The fraction of sp³-hybridized carbons (Fsp3) is 0.647. The van der Waals surface area contributed by atoms with Crippen molar-refractivity contribution in [2.24, 2.45) is 5.92 Å². The molecule has 1 aliphatic heterocycles. The molecule has 0 bridgehead atoms. The number of rotatable bonds is 3. The second kappa shape index (κ2) is 5.64. The zero-order valence-electron chi connectivity index (χ0n) is 12.1. The van der Waals surface area contributed by atoms with Crippen molar-refractivity contribution in [2.45, 2.75) is 57.7 Å². The van der Waals surface area contributed by atoms with Gasteiger partial charge >= 0.3 is 0 Å². The van der Waals surface area contributed by atoms with Crippen LogP contribution in [0.15, 0.2) is 24.3 Å². The average Bonchev–Trinajstić information content (AvgIpc) is 2.81. The normalized spacial score (nSPS) is 27.7.